The van der Waals surface area contributed by atoms with Gasteiger partial charge in [-0.05, 0) is 62.4 Å². The normalized spacial score (nSPS) is 11.6. The fraction of sp³-hybridized carbons (Fsp3) is 0.238. The lowest BCUT2D eigenvalue weighted by Crippen LogP contribution is -2.30. The Morgan fingerprint density at radius 1 is 1.10 bits per heavy atom. The van der Waals surface area contributed by atoms with Gasteiger partial charge in [0.15, 0.2) is 11.7 Å². The SMILES string of the molecule is CC(C)NS(=O)(=O)c1ccc(NC(=O)CCc2ncc(-c3ccc(F)cc3)o2)cc1. The highest BCUT2D eigenvalue weighted by Gasteiger charge is 2.15. The Morgan fingerprint density at radius 2 is 1.77 bits per heavy atom. The van der Waals surface area contributed by atoms with E-state index in [0.717, 1.165) is 0 Å². The highest BCUT2D eigenvalue weighted by atomic mass is 32.2. The van der Waals surface area contributed by atoms with Gasteiger partial charge in [0.05, 0.1) is 11.1 Å². The van der Waals surface area contributed by atoms with Gasteiger partial charge in [-0.3, -0.25) is 4.79 Å². The fourth-order valence-electron chi connectivity index (χ4n) is 2.71. The highest BCUT2D eigenvalue weighted by Crippen LogP contribution is 2.21. The Labute approximate surface area is 174 Å². The van der Waals surface area contributed by atoms with Crippen LogP contribution in [0.4, 0.5) is 10.1 Å². The summed E-state index contributed by atoms with van der Waals surface area (Å²) in [5.74, 6) is 0.298. The third-order valence-electron chi connectivity index (χ3n) is 4.09. The molecule has 30 heavy (non-hydrogen) atoms. The quantitative estimate of drug-likeness (QED) is 0.566. The fourth-order valence-corrected chi connectivity index (χ4v) is 3.96. The number of amides is 1. The maximum absolute atomic E-state index is 13.0. The largest absolute Gasteiger partial charge is 0.441 e. The van der Waals surface area contributed by atoms with Crippen molar-refractivity contribution < 1.29 is 22.0 Å². The summed E-state index contributed by atoms with van der Waals surface area (Å²) in [6.07, 6.45) is 1.96. The molecule has 0 saturated heterocycles. The second-order valence-electron chi connectivity index (χ2n) is 6.97. The topological polar surface area (TPSA) is 101 Å². The molecule has 0 aliphatic carbocycles. The maximum atomic E-state index is 13.0. The zero-order valence-corrected chi connectivity index (χ0v) is 17.4. The van der Waals surface area contributed by atoms with Crippen molar-refractivity contribution in [2.24, 2.45) is 0 Å². The molecule has 1 aromatic heterocycles. The molecule has 0 fully saturated rings. The van der Waals surface area contributed by atoms with Gasteiger partial charge in [0, 0.05) is 30.1 Å². The summed E-state index contributed by atoms with van der Waals surface area (Å²) in [5.41, 5.74) is 1.18. The van der Waals surface area contributed by atoms with Gasteiger partial charge in [-0.1, -0.05) is 0 Å². The Hall–Kier alpha value is -3.04. The van der Waals surface area contributed by atoms with E-state index in [1.807, 2.05) is 0 Å². The molecule has 158 valence electrons. The molecule has 0 spiro atoms. The van der Waals surface area contributed by atoms with E-state index in [1.165, 1.54) is 42.6 Å². The minimum atomic E-state index is -3.58. The third-order valence-corrected chi connectivity index (χ3v) is 5.76. The summed E-state index contributed by atoms with van der Waals surface area (Å²) in [5, 5.41) is 2.71. The van der Waals surface area contributed by atoms with E-state index in [1.54, 1.807) is 26.0 Å². The number of hydrogen-bond acceptors (Lipinski definition) is 5. The summed E-state index contributed by atoms with van der Waals surface area (Å²) in [6, 6.07) is 11.6. The van der Waals surface area contributed by atoms with E-state index in [2.05, 4.69) is 15.0 Å². The number of aromatic nitrogens is 1. The van der Waals surface area contributed by atoms with Crippen molar-refractivity contribution in [1.82, 2.24) is 9.71 Å². The molecule has 3 rings (SSSR count). The zero-order valence-electron chi connectivity index (χ0n) is 16.6. The summed E-state index contributed by atoms with van der Waals surface area (Å²) in [6.45, 7) is 3.48. The minimum absolute atomic E-state index is 0.127. The molecule has 0 bridgehead atoms. The zero-order chi connectivity index (χ0) is 21.7. The average molecular weight is 431 g/mol. The number of benzene rings is 2. The van der Waals surface area contributed by atoms with Gasteiger partial charge >= 0.3 is 0 Å². The Kier molecular flexibility index (Phi) is 6.63. The van der Waals surface area contributed by atoms with Gasteiger partial charge in [-0.25, -0.2) is 22.5 Å². The number of rotatable bonds is 8. The standard InChI is InChI=1S/C21H22FN3O4S/c1-14(2)25-30(27,28)18-9-7-17(8-10-18)24-20(26)11-12-21-23-13-19(29-21)15-3-5-16(22)6-4-15/h3-10,13-14,25H,11-12H2,1-2H3,(H,24,26). The molecule has 2 aromatic carbocycles. The summed E-state index contributed by atoms with van der Waals surface area (Å²) in [4.78, 5) is 16.4. The first-order valence-corrected chi connectivity index (χ1v) is 10.8. The molecule has 2 N–H and O–H groups in total. The van der Waals surface area contributed by atoms with Crippen LogP contribution in [-0.2, 0) is 21.2 Å². The Balaban J connectivity index is 1.54. The van der Waals surface area contributed by atoms with Gasteiger partial charge in [-0.15, -0.1) is 0 Å². The van der Waals surface area contributed by atoms with Crippen molar-refractivity contribution in [2.75, 3.05) is 5.32 Å². The van der Waals surface area contributed by atoms with E-state index in [9.17, 15) is 17.6 Å². The van der Waals surface area contributed by atoms with E-state index in [0.29, 0.717) is 22.9 Å². The van der Waals surface area contributed by atoms with Crippen molar-refractivity contribution in [3.63, 3.8) is 0 Å². The monoisotopic (exact) mass is 431 g/mol. The van der Waals surface area contributed by atoms with Crippen molar-refractivity contribution in [3.8, 4) is 11.3 Å². The van der Waals surface area contributed by atoms with E-state index in [-0.39, 0.29) is 35.5 Å². The van der Waals surface area contributed by atoms with Crippen LogP contribution in [0.2, 0.25) is 0 Å². The molecule has 1 amide bonds. The van der Waals surface area contributed by atoms with Crippen LogP contribution >= 0.6 is 0 Å². The molecule has 0 atom stereocenters. The Bertz CT molecular complexity index is 1110. The van der Waals surface area contributed by atoms with Crippen LogP contribution in [0.5, 0.6) is 0 Å². The van der Waals surface area contributed by atoms with Crippen molar-refractivity contribution in [2.45, 2.75) is 37.6 Å². The van der Waals surface area contributed by atoms with Crippen LogP contribution in [0, 0.1) is 5.82 Å². The molecule has 0 radical (unpaired) electrons. The van der Waals surface area contributed by atoms with E-state index < -0.39 is 10.0 Å². The van der Waals surface area contributed by atoms with Crippen molar-refractivity contribution in [1.29, 1.82) is 0 Å². The number of carbonyl (C=O) groups excluding carboxylic acids is 1. The molecule has 0 saturated carbocycles. The van der Waals surface area contributed by atoms with Crippen LogP contribution in [0.25, 0.3) is 11.3 Å². The molecular weight excluding hydrogens is 409 g/mol. The maximum Gasteiger partial charge on any atom is 0.240 e. The number of nitrogens with zero attached hydrogens (tertiary/aromatic N) is 1. The molecule has 0 aliphatic heterocycles. The minimum Gasteiger partial charge on any atom is -0.441 e. The van der Waals surface area contributed by atoms with Crippen LogP contribution in [-0.4, -0.2) is 25.4 Å². The summed E-state index contributed by atoms with van der Waals surface area (Å²) in [7, 11) is -3.58. The number of anilines is 1. The second-order valence-corrected chi connectivity index (χ2v) is 8.69. The number of halogens is 1. The first kappa shape index (κ1) is 21.7. The van der Waals surface area contributed by atoms with Crippen LogP contribution in [0.3, 0.4) is 0 Å². The first-order chi connectivity index (χ1) is 14.2. The number of sulfonamides is 1. The highest BCUT2D eigenvalue weighted by molar-refractivity contribution is 7.89. The molecule has 1 heterocycles. The lowest BCUT2D eigenvalue weighted by Gasteiger charge is -2.10. The molecule has 7 nitrogen and oxygen atoms in total. The Morgan fingerprint density at radius 3 is 2.40 bits per heavy atom. The lowest BCUT2D eigenvalue weighted by molar-refractivity contribution is -0.116. The van der Waals surface area contributed by atoms with E-state index >= 15 is 0 Å². The van der Waals surface area contributed by atoms with Gasteiger partial charge in [-0.2, -0.15) is 0 Å². The number of carbonyl (C=O) groups is 1. The first-order valence-electron chi connectivity index (χ1n) is 9.36. The predicted molar refractivity (Wildman–Crippen MR) is 111 cm³/mol. The third kappa shape index (κ3) is 5.74. The van der Waals surface area contributed by atoms with Crippen LogP contribution < -0.4 is 10.0 Å². The number of hydrogen-bond donors (Lipinski definition) is 2. The average Bonchev–Trinajstić information content (AvgIpc) is 3.15. The second kappa shape index (κ2) is 9.19. The summed E-state index contributed by atoms with van der Waals surface area (Å²) >= 11 is 0. The lowest BCUT2D eigenvalue weighted by atomic mass is 10.2. The summed E-state index contributed by atoms with van der Waals surface area (Å²) < 4.78 is 45.4. The van der Waals surface area contributed by atoms with Crippen LogP contribution in [0.1, 0.15) is 26.2 Å². The van der Waals surface area contributed by atoms with Crippen LogP contribution in [0.15, 0.2) is 64.0 Å². The van der Waals surface area contributed by atoms with Crippen molar-refractivity contribution in [3.05, 3.63) is 66.4 Å². The smallest absolute Gasteiger partial charge is 0.240 e. The van der Waals surface area contributed by atoms with Gasteiger partial charge in [0.25, 0.3) is 0 Å². The number of aryl methyl sites for hydroxylation is 1. The molecule has 0 unspecified atom stereocenters. The molecule has 3 aromatic rings. The van der Waals surface area contributed by atoms with Crippen molar-refractivity contribution >= 4 is 21.6 Å². The number of oxazole rings is 1. The van der Waals surface area contributed by atoms with Gasteiger partial charge in [0.2, 0.25) is 15.9 Å². The molecule has 9 heteroatoms. The molecular formula is C21H22FN3O4S. The van der Waals surface area contributed by atoms with E-state index in [4.69, 9.17) is 4.42 Å². The van der Waals surface area contributed by atoms with Gasteiger partial charge < -0.3 is 9.73 Å². The van der Waals surface area contributed by atoms with Gasteiger partial charge in [0.1, 0.15) is 5.82 Å². The predicted octanol–water partition coefficient (Wildman–Crippen LogP) is 3.74. The molecule has 0 aliphatic rings. The number of nitrogens with one attached hydrogen (secondary N) is 2.